The van der Waals surface area contributed by atoms with Crippen molar-refractivity contribution in [3.05, 3.63) is 23.2 Å². The summed E-state index contributed by atoms with van der Waals surface area (Å²) in [7, 11) is 1.55. The Balaban J connectivity index is 1.98. The molecule has 0 aliphatic carbocycles. The molecule has 1 fully saturated rings. The maximum atomic E-state index is 12.3. The van der Waals surface area contributed by atoms with Gasteiger partial charge in [-0.1, -0.05) is 11.6 Å². The molecule has 1 aromatic carbocycles. The van der Waals surface area contributed by atoms with Crippen LogP contribution in [0, 0.1) is 5.92 Å². The molecule has 2 rings (SSSR count). The van der Waals surface area contributed by atoms with E-state index in [4.69, 9.17) is 16.3 Å². The van der Waals surface area contributed by atoms with Crippen molar-refractivity contribution >= 4 is 23.3 Å². The molecule has 1 aliphatic heterocycles. The summed E-state index contributed by atoms with van der Waals surface area (Å²) in [5, 5.41) is 13.0. The number of piperidine rings is 1. The van der Waals surface area contributed by atoms with Crippen molar-refractivity contribution in [2.45, 2.75) is 25.9 Å². The molecule has 0 bridgehead atoms. The minimum Gasteiger partial charge on any atom is -0.495 e. The summed E-state index contributed by atoms with van der Waals surface area (Å²) in [6, 6.07) is 4.93. The first-order valence-corrected chi connectivity index (χ1v) is 7.46. The highest BCUT2D eigenvalue weighted by atomic mass is 35.5. The van der Waals surface area contributed by atoms with Crippen molar-refractivity contribution in [1.29, 1.82) is 0 Å². The van der Waals surface area contributed by atoms with Crippen LogP contribution in [0.4, 0.5) is 10.5 Å². The van der Waals surface area contributed by atoms with E-state index in [-0.39, 0.29) is 18.1 Å². The van der Waals surface area contributed by atoms with Gasteiger partial charge in [-0.05, 0) is 43.9 Å². The predicted molar refractivity (Wildman–Crippen MR) is 83.0 cm³/mol. The van der Waals surface area contributed by atoms with Crippen molar-refractivity contribution < 1.29 is 14.6 Å². The van der Waals surface area contributed by atoms with Crippen molar-refractivity contribution in [2.75, 3.05) is 25.5 Å². The number of carbonyl (C=O) groups excluding carboxylic acids is 1. The SMILES string of the molecule is COc1ccc(Cl)cc1NC(=O)N1CCC(C(C)O)CC1. The number of aliphatic hydroxyl groups excluding tert-OH is 1. The third kappa shape index (κ3) is 4.02. The summed E-state index contributed by atoms with van der Waals surface area (Å²) in [6.07, 6.45) is 1.32. The molecule has 1 saturated heterocycles. The van der Waals surface area contributed by atoms with Crippen LogP contribution in [0.25, 0.3) is 0 Å². The van der Waals surface area contributed by atoms with Crippen LogP contribution in [0.5, 0.6) is 5.75 Å². The molecule has 0 spiro atoms. The topological polar surface area (TPSA) is 61.8 Å². The van der Waals surface area contributed by atoms with Gasteiger partial charge in [0.2, 0.25) is 0 Å². The summed E-state index contributed by atoms with van der Waals surface area (Å²) in [5.74, 6) is 0.848. The Kier molecular flexibility index (Phi) is 5.31. The Morgan fingerprint density at radius 2 is 2.14 bits per heavy atom. The van der Waals surface area contributed by atoms with Gasteiger partial charge in [0.05, 0.1) is 18.9 Å². The number of nitrogens with one attached hydrogen (secondary N) is 1. The molecule has 116 valence electrons. The number of hydrogen-bond acceptors (Lipinski definition) is 3. The average Bonchev–Trinajstić information content (AvgIpc) is 2.47. The number of methoxy groups -OCH3 is 1. The minimum atomic E-state index is -0.316. The van der Waals surface area contributed by atoms with Crippen LogP contribution in [-0.2, 0) is 0 Å². The molecule has 1 unspecified atom stereocenters. The van der Waals surface area contributed by atoms with E-state index in [0.717, 1.165) is 12.8 Å². The number of benzene rings is 1. The highest BCUT2D eigenvalue weighted by Gasteiger charge is 2.25. The fourth-order valence-corrected chi connectivity index (χ4v) is 2.73. The van der Waals surface area contributed by atoms with Crippen LogP contribution < -0.4 is 10.1 Å². The van der Waals surface area contributed by atoms with Crippen LogP contribution in [0.2, 0.25) is 5.02 Å². The highest BCUT2D eigenvalue weighted by Crippen LogP contribution is 2.28. The second-order valence-corrected chi connectivity index (χ2v) is 5.78. The van der Waals surface area contributed by atoms with Crippen LogP contribution in [0.3, 0.4) is 0 Å². The van der Waals surface area contributed by atoms with Gasteiger partial charge < -0.3 is 20.1 Å². The minimum absolute atomic E-state index is 0.167. The maximum absolute atomic E-state index is 12.3. The molecule has 2 amide bonds. The van der Waals surface area contributed by atoms with Gasteiger partial charge in [-0.3, -0.25) is 0 Å². The number of amides is 2. The summed E-state index contributed by atoms with van der Waals surface area (Å²) < 4.78 is 5.21. The quantitative estimate of drug-likeness (QED) is 0.902. The van der Waals surface area contributed by atoms with Crippen LogP contribution in [-0.4, -0.2) is 42.3 Å². The van der Waals surface area contributed by atoms with Crippen molar-refractivity contribution in [2.24, 2.45) is 5.92 Å². The molecule has 1 heterocycles. The number of ether oxygens (including phenoxy) is 1. The first-order chi connectivity index (χ1) is 10.0. The molecule has 0 radical (unpaired) electrons. The summed E-state index contributed by atoms with van der Waals surface area (Å²) in [5.41, 5.74) is 0.563. The largest absolute Gasteiger partial charge is 0.495 e. The number of likely N-dealkylation sites (tertiary alicyclic amines) is 1. The molecular weight excluding hydrogens is 292 g/mol. The molecule has 21 heavy (non-hydrogen) atoms. The van der Waals surface area contributed by atoms with E-state index in [2.05, 4.69) is 5.32 Å². The van der Waals surface area contributed by atoms with E-state index >= 15 is 0 Å². The van der Waals surface area contributed by atoms with E-state index < -0.39 is 0 Å². The van der Waals surface area contributed by atoms with E-state index in [1.807, 2.05) is 0 Å². The molecule has 5 nitrogen and oxygen atoms in total. The van der Waals surface area contributed by atoms with Gasteiger partial charge in [-0.15, -0.1) is 0 Å². The second kappa shape index (κ2) is 7.00. The normalized spacial score (nSPS) is 17.4. The van der Waals surface area contributed by atoms with Gasteiger partial charge >= 0.3 is 6.03 Å². The zero-order valence-corrected chi connectivity index (χ0v) is 13.1. The van der Waals surface area contributed by atoms with Crippen LogP contribution in [0.1, 0.15) is 19.8 Å². The Morgan fingerprint density at radius 3 is 2.71 bits per heavy atom. The number of halogens is 1. The molecule has 1 atom stereocenters. The number of carbonyl (C=O) groups is 1. The fourth-order valence-electron chi connectivity index (χ4n) is 2.56. The number of aliphatic hydroxyl groups is 1. The van der Waals surface area contributed by atoms with Crippen LogP contribution in [0.15, 0.2) is 18.2 Å². The lowest BCUT2D eigenvalue weighted by molar-refractivity contribution is 0.0820. The summed E-state index contributed by atoms with van der Waals surface area (Å²) in [6.45, 7) is 3.09. The highest BCUT2D eigenvalue weighted by molar-refractivity contribution is 6.31. The number of anilines is 1. The van der Waals surface area contributed by atoms with Crippen LogP contribution >= 0.6 is 11.6 Å². The lowest BCUT2D eigenvalue weighted by Crippen LogP contribution is -2.42. The molecule has 1 aromatic rings. The first-order valence-electron chi connectivity index (χ1n) is 7.08. The monoisotopic (exact) mass is 312 g/mol. The number of nitrogens with zero attached hydrogens (tertiary/aromatic N) is 1. The summed E-state index contributed by atoms with van der Waals surface area (Å²) >= 11 is 5.95. The third-order valence-corrected chi connectivity index (χ3v) is 4.15. The predicted octanol–water partition coefficient (Wildman–Crippen LogP) is 2.97. The molecular formula is C15H21ClN2O3. The Hall–Kier alpha value is -1.46. The Labute approximate surface area is 129 Å². The smallest absolute Gasteiger partial charge is 0.321 e. The van der Waals surface area contributed by atoms with Crippen molar-refractivity contribution in [3.8, 4) is 5.75 Å². The second-order valence-electron chi connectivity index (χ2n) is 5.34. The number of urea groups is 1. The Morgan fingerprint density at radius 1 is 1.48 bits per heavy atom. The molecule has 2 N–H and O–H groups in total. The molecule has 1 aliphatic rings. The van der Waals surface area contributed by atoms with E-state index in [0.29, 0.717) is 29.5 Å². The zero-order valence-electron chi connectivity index (χ0n) is 12.3. The van der Waals surface area contributed by atoms with E-state index in [1.165, 1.54) is 0 Å². The van der Waals surface area contributed by atoms with E-state index in [1.54, 1.807) is 37.1 Å². The number of rotatable bonds is 3. The molecule has 6 heteroatoms. The van der Waals surface area contributed by atoms with Crippen molar-refractivity contribution in [3.63, 3.8) is 0 Å². The van der Waals surface area contributed by atoms with Gasteiger partial charge in [0.25, 0.3) is 0 Å². The van der Waals surface area contributed by atoms with Gasteiger partial charge in [0.1, 0.15) is 5.75 Å². The average molecular weight is 313 g/mol. The maximum Gasteiger partial charge on any atom is 0.321 e. The third-order valence-electron chi connectivity index (χ3n) is 3.91. The lowest BCUT2D eigenvalue weighted by Gasteiger charge is -2.33. The molecule has 0 aromatic heterocycles. The lowest BCUT2D eigenvalue weighted by atomic mass is 9.92. The summed E-state index contributed by atoms with van der Waals surface area (Å²) in [4.78, 5) is 14.0. The van der Waals surface area contributed by atoms with Crippen molar-refractivity contribution in [1.82, 2.24) is 4.90 Å². The zero-order chi connectivity index (χ0) is 15.4. The number of hydrogen-bond donors (Lipinski definition) is 2. The van der Waals surface area contributed by atoms with E-state index in [9.17, 15) is 9.90 Å². The first kappa shape index (κ1) is 15.9. The Bertz CT molecular complexity index is 500. The van der Waals surface area contributed by atoms with Gasteiger partial charge in [0, 0.05) is 18.1 Å². The van der Waals surface area contributed by atoms with Gasteiger partial charge in [-0.2, -0.15) is 0 Å². The molecule has 0 saturated carbocycles. The fraction of sp³-hybridized carbons (Fsp3) is 0.533. The van der Waals surface area contributed by atoms with Gasteiger partial charge in [0.15, 0.2) is 0 Å². The van der Waals surface area contributed by atoms with Gasteiger partial charge in [-0.25, -0.2) is 4.79 Å². The standard InChI is InChI=1S/C15H21ClN2O3/c1-10(19)11-5-7-18(8-6-11)15(20)17-13-9-12(16)3-4-14(13)21-2/h3-4,9-11,19H,5-8H2,1-2H3,(H,17,20).